The van der Waals surface area contributed by atoms with Gasteiger partial charge in [-0.1, -0.05) is 28.1 Å². The molecular formula is C21H31BrN2O5. The van der Waals surface area contributed by atoms with Gasteiger partial charge in [-0.05, 0) is 65.7 Å². The molecule has 1 aromatic carbocycles. The highest BCUT2D eigenvalue weighted by Gasteiger charge is 2.28. The number of rotatable bonds is 7. The lowest BCUT2D eigenvalue weighted by molar-refractivity contribution is -0.113. The predicted octanol–water partition coefficient (Wildman–Crippen LogP) is 4.67. The van der Waals surface area contributed by atoms with Gasteiger partial charge in [-0.3, -0.25) is 4.90 Å². The molecule has 0 radical (unpaired) electrons. The topological polar surface area (TPSA) is 84.9 Å². The van der Waals surface area contributed by atoms with Gasteiger partial charge < -0.3 is 19.6 Å². The van der Waals surface area contributed by atoms with Gasteiger partial charge in [0.25, 0.3) is 0 Å². The first-order valence-corrected chi connectivity index (χ1v) is 10.3. The van der Waals surface area contributed by atoms with Gasteiger partial charge >= 0.3 is 12.2 Å². The number of alkyl carbamates (subject to hydrolysis) is 1. The van der Waals surface area contributed by atoms with Crippen molar-refractivity contribution in [1.82, 2.24) is 10.2 Å². The predicted molar refractivity (Wildman–Crippen MR) is 115 cm³/mol. The fourth-order valence-electron chi connectivity index (χ4n) is 2.36. The van der Waals surface area contributed by atoms with Gasteiger partial charge in [-0.15, -0.1) is 0 Å². The lowest BCUT2D eigenvalue weighted by atomic mass is 10.1. The van der Waals surface area contributed by atoms with Gasteiger partial charge in [0.1, 0.15) is 17.5 Å². The van der Waals surface area contributed by atoms with E-state index in [1.54, 1.807) is 41.5 Å². The van der Waals surface area contributed by atoms with Gasteiger partial charge in [0.15, 0.2) is 0 Å². The quantitative estimate of drug-likeness (QED) is 0.585. The summed E-state index contributed by atoms with van der Waals surface area (Å²) in [5, 5.41) is 2.61. The highest BCUT2D eigenvalue weighted by Crippen LogP contribution is 2.18. The second-order valence-electron chi connectivity index (χ2n) is 8.66. The third kappa shape index (κ3) is 10.3. The molecule has 0 saturated heterocycles. The molecule has 1 rings (SSSR count). The first kappa shape index (κ1) is 24.9. The minimum Gasteiger partial charge on any atom is -0.444 e. The van der Waals surface area contributed by atoms with Crippen molar-refractivity contribution in [3.63, 3.8) is 0 Å². The molecule has 0 aromatic heterocycles. The van der Waals surface area contributed by atoms with Crippen LogP contribution < -0.4 is 5.32 Å². The number of amides is 2. The minimum absolute atomic E-state index is 0.179. The zero-order valence-electron chi connectivity index (χ0n) is 18.0. The number of halogens is 1. The van der Waals surface area contributed by atoms with Crippen LogP contribution in [0.5, 0.6) is 0 Å². The first-order chi connectivity index (χ1) is 13.3. The lowest BCUT2D eigenvalue weighted by Gasteiger charge is -2.31. The molecule has 0 aliphatic rings. The summed E-state index contributed by atoms with van der Waals surface area (Å²) >= 11 is 3.38. The Morgan fingerprint density at radius 3 is 2.10 bits per heavy atom. The molecule has 7 nitrogen and oxygen atoms in total. The maximum atomic E-state index is 12.7. The van der Waals surface area contributed by atoms with Crippen molar-refractivity contribution in [3.05, 3.63) is 34.3 Å². The number of hydrogen-bond donors (Lipinski definition) is 1. The fourth-order valence-corrected chi connectivity index (χ4v) is 2.62. The van der Waals surface area contributed by atoms with Crippen LogP contribution in [0.15, 0.2) is 28.7 Å². The van der Waals surface area contributed by atoms with Crippen molar-refractivity contribution < 1.29 is 23.9 Å². The second-order valence-corrected chi connectivity index (χ2v) is 9.57. The molecule has 1 atom stereocenters. The Labute approximate surface area is 181 Å². The van der Waals surface area contributed by atoms with E-state index in [0.29, 0.717) is 6.29 Å². The Bertz CT molecular complexity index is 693. The number of carbonyl (C=O) groups is 3. The van der Waals surface area contributed by atoms with Gasteiger partial charge in [0.05, 0.1) is 6.04 Å². The maximum Gasteiger partial charge on any atom is 0.411 e. The summed E-state index contributed by atoms with van der Waals surface area (Å²) < 4.78 is 11.6. The van der Waals surface area contributed by atoms with Gasteiger partial charge in [0, 0.05) is 17.6 Å². The van der Waals surface area contributed by atoms with Gasteiger partial charge in [-0.2, -0.15) is 0 Å². The number of carbonyl (C=O) groups excluding carboxylic acids is 3. The average molecular weight is 471 g/mol. The van der Waals surface area contributed by atoms with Crippen molar-refractivity contribution in [1.29, 1.82) is 0 Å². The van der Waals surface area contributed by atoms with Crippen LogP contribution in [0.25, 0.3) is 0 Å². The first-order valence-electron chi connectivity index (χ1n) is 9.47. The number of benzene rings is 1. The smallest absolute Gasteiger partial charge is 0.411 e. The second kappa shape index (κ2) is 10.6. The number of ether oxygens (including phenoxy) is 2. The van der Waals surface area contributed by atoms with E-state index in [1.807, 2.05) is 24.3 Å². The molecule has 1 aromatic rings. The molecule has 0 spiro atoms. The summed E-state index contributed by atoms with van der Waals surface area (Å²) in [5.74, 6) is 0. The van der Waals surface area contributed by atoms with E-state index in [2.05, 4.69) is 21.2 Å². The molecule has 0 fully saturated rings. The number of aldehydes is 1. The Morgan fingerprint density at radius 1 is 1.07 bits per heavy atom. The van der Waals surface area contributed by atoms with Crippen LogP contribution in [0.4, 0.5) is 9.59 Å². The molecule has 0 bridgehead atoms. The van der Waals surface area contributed by atoms with Crippen LogP contribution in [0, 0.1) is 0 Å². The Balaban J connectivity index is 2.86. The monoisotopic (exact) mass is 470 g/mol. The standard InChI is InChI=1S/C21H31BrN2O5/c1-20(2,3)28-18(26)23-12-11-17(14-25)24(19(27)29-21(4,5)6)13-15-7-9-16(22)10-8-15/h7-10,14,17H,11-13H2,1-6H3,(H,23,26)/t17-/m1/s1. The van der Waals surface area contributed by atoms with E-state index in [9.17, 15) is 14.4 Å². The van der Waals surface area contributed by atoms with Crippen molar-refractivity contribution in [2.75, 3.05) is 6.54 Å². The highest BCUT2D eigenvalue weighted by atomic mass is 79.9. The summed E-state index contributed by atoms with van der Waals surface area (Å²) in [5.41, 5.74) is -0.457. The summed E-state index contributed by atoms with van der Waals surface area (Å²) in [6.45, 7) is 11.0. The SMILES string of the molecule is CC(C)(C)OC(=O)NCC[C@H](C=O)N(Cc1ccc(Br)cc1)C(=O)OC(C)(C)C. The minimum atomic E-state index is -0.761. The van der Waals surface area contributed by atoms with E-state index < -0.39 is 29.4 Å². The van der Waals surface area contributed by atoms with E-state index in [1.165, 1.54) is 4.90 Å². The van der Waals surface area contributed by atoms with Gasteiger partial charge in [0.2, 0.25) is 0 Å². The molecular weight excluding hydrogens is 440 g/mol. The zero-order valence-corrected chi connectivity index (χ0v) is 19.5. The number of hydrogen-bond acceptors (Lipinski definition) is 5. The molecule has 0 unspecified atom stereocenters. The van der Waals surface area contributed by atoms with Crippen LogP contribution in [0.2, 0.25) is 0 Å². The van der Waals surface area contributed by atoms with E-state index in [-0.39, 0.29) is 19.5 Å². The van der Waals surface area contributed by atoms with E-state index >= 15 is 0 Å². The molecule has 0 aliphatic carbocycles. The van der Waals surface area contributed by atoms with Gasteiger partial charge in [-0.25, -0.2) is 9.59 Å². The number of nitrogens with zero attached hydrogens (tertiary/aromatic N) is 1. The molecule has 0 saturated carbocycles. The van der Waals surface area contributed by atoms with Crippen molar-refractivity contribution in [2.45, 2.75) is 71.8 Å². The highest BCUT2D eigenvalue weighted by molar-refractivity contribution is 9.10. The lowest BCUT2D eigenvalue weighted by Crippen LogP contribution is -2.45. The molecule has 29 heavy (non-hydrogen) atoms. The van der Waals surface area contributed by atoms with Crippen LogP contribution >= 0.6 is 15.9 Å². The third-order valence-electron chi connectivity index (χ3n) is 3.56. The summed E-state index contributed by atoms with van der Waals surface area (Å²) in [6.07, 6.45) is -0.230. The molecule has 0 aliphatic heterocycles. The zero-order chi connectivity index (χ0) is 22.2. The van der Waals surface area contributed by atoms with E-state index in [0.717, 1.165) is 10.0 Å². The largest absolute Gasteiger partial charge is 0.444 e. The summed E-state index contributed by atoms with van der Waals surface area (Å²) in [6, 6.07) is 6.69. The van der Waals surface area contributed by atoms with Crippen LogP contribution in [0.1, 0.15) is 53.5 Å². The van der Waals surface area contributed by atoms with Crippen molar-refractivity contribution >= 4 is 34.4 Å². The molecule has 0 heterocycles. The normalized spacial score (nSPS) is 12.7. The Hall–Kier alpha value is -2.09. The average Bonchev–Trinajstić information content (AvgIpc) is 2.55. The summed E-state index contributed by atoms with van der Waals surface area (Å²) in [4.78, 5) is 37.7. The van der Waals surface area contributed by atoms with Crippen molar-refractivity contribution in [2.24, 2.45) is 0 Å². The molecule has 8 heteroatoms. The van der Waals surface area contributed by atoms with Crippen LogP contribution in [-0.4, -0.2) is 47.2 Å². The Morgan fingerprint density at radius 2 is 1.62 bits per heavy atom. The van der Waals surface area contributed by atoms with Crippen molar-refractivity contribution in [3.8, 4) is 0 Å². The van der Waals surface area contributed by atoms with Crippen LogP contribution in [-0.2, 0) is 20.8 Å². The molecule has 162 valence electrons. The maximum absolute atomic E-state index is 12.7. The molecule has 1 N–H and O–H groups in total. The molecule has 2 amide bonds. The Kier molecular flexibility index (Phi) is 9.14. The van der Waals surface area contributed by atoms with E-state index in [4.69, 9.17) is 9.47 Å². The number of nitrogens with one attached hydrogen (secondary N) is 1. The third-order valence-corrected chi connectivity index (χ3v) is 4.09. The summed E-state index contributed by atoms with van der Waals surface area (Å²) in [7, 11) is 0. The van der Waals surface area contributed by atoms with Crippen LogP contribution in [0.3, 0.4) is 0 Å². The fraction of sp³-hybridized carbons (Fsp3) is 0.571.